The quantitative estimate of drug-likeness (QED) is 0.490. The predicted molar refractivity (Wildman–Crippen MR) is 100 cm³/mol. The van der Waals surface area contributed by atoms with Crippen molar-refractivity contribution < 1.29 is 23.8 Å². The molecule has 9 nitrogen and oxygen atoms in total. The average molecular weight is 382 g/mol. The highest BCUT2D eigenvalue weighted by Crippen LogP contribution is 2.27. The van der Waals surface area contributed by atoms with Crippen molar-refractivity contribution in [2.75, 3.05) is 20.3 Å². The van der Waals surface area contributed by atoms with Crippen molar-refractivity contribution in [3.63, 3.8) is 0 Å². The third kappa shape index (κ3) is 6.34. The van der Waals surface area contributed by atoms with Crippen molar-refractivity contribution in [2.45, 2.75) is 0 Å². The standard InChI is InChI=1S/C19H18N4O5/c1-26-17-8-14(4-7-16(17)28-11-18(21)24)10-22-23-19(25)12-27-15-5-2-13(9-20)3-6-15/h2-8,10H,11-12H2,1H3,(H2,21,24)(H,23,25)/b22-10-. The molecule has 0 heterocycles. The number of carbonyl (C=O) groups excluding carboxylic acids is 2. The molecule has 0 aliphatic heterocycles. The second-order valence-corrected chi connectivity index (χ2v) is 5.38. The lowest BCUT2D eigenvalue weighted by Crippen LogP contribution is -2.24. The predicted octanol–water partition coefficient (Wildman–Crippen LogP) is 0.960. The summed E-state index contributed by atoms with van der Waals surface area (Å²) in [5, 5.41) is 12.6. The van der Waals surface area contributed by atoms with E-state index in [1.807, 2.05) is 6.07 Å². The van der Waals surface area contributed by atoms with Gasteiger partial charge in [-0.15, -0.1) is 0 Å². The topological polar surface area (TPSA) is 136 Å². The number of nitriles is 1. The SMILES string of the molecule is COc1cc(/C=N\NC(=O)COc2ccc(C#N)cc2)ccc1OCC(N)=O. The fourth-order valence-corrected chi connectivity index (χ4v) is 2.02. The average Bonchev–Trinajstić information content (AvgIpc) is 2.71. The Morgan fingerprint density at radius 2 is 1.89 bits per heavy atom. The van der Waals surface area contributed by atoms with Crippen molar-refractivity contribution in [3.8, 4) is 23.3 Å². The number of primary amides is 1. The summed E-state index contributed by atoms with van der Waals surface area (Å²) in [5.41, 5.74) is 8.52. The zero-order valence-electron chi connectivity index (χ0n) is 15.0. The highest BCUT2D eigenvalue weighted by atomic mass is 16.5. The van der Waals surface area contributed by atoms with Crippen LogP contribution in [0.2, 0.25) is 0 Å². The Labute approximate surface area is 161 Å². The van der Waals surface area contributed by atoms with E-state index in [-0.39, 0.29) is 13.2 Å². The lowest BCUT2D eigenvalue weighted by molar-refractivity contribution is -0.123. The number of carbonyl (C=O) groups is 2. The molecule has 2 amide bonds. The number of hydrogen-bond acceptors (Lipinski definition) is 7. The van der Waals surface area contributed by atoms with E-state index >= 15 is 0 Å². The first kappa shape index (κ1) is 20.3. The van der Waals surface area contributed by atoms with E-state index in [1.165, 1.54) is 13.3 Å². The van der Waals surface area contributed by atoms with Gasteiger partial charge in [-0.1, -0.05) is 0 Å². The maximum atomic E-state index is 11.8. The van der Waals surface area contributed by atoms with Crippen LogP contribution < -0.4 is 25.4 Å². The van der Waals surface area contributed by atoms with Gasteiger partial charge >= 0.3 is 0 Å². The number of nitrogens with two attached hydrogens (primary N) is 1. The van der Waals surface area contributed by atoms with Gasteiger partial charge in [-0.25, -0.2) is 5.43 Å². The summed E-state index contributed by atoms with van der Waals surface area (Å²) in [6.45, 7) is -0.494. The number of benzene rings is 2. The molecule has 2 aromatic carbocycles. The summed E-state index contributed by atoms with van der Waals surface area (Å²) in [5.74, 6) is 0.168. The molecule has 0 aliphatic rings. The van der Waals surface area contributed by atoms with Gasteiger partial charge in [0.15, 0.2) is 24.7 Å². The number of ether oxygens (including phenoxy) is 3. The smallest absolute Gasteiger partial charge is 0.277 e. The molecule has 28 heavy (non-hydrogen) atoms. The van der Waals surface area contributed by atoms with E-state index in [0.717, 1.165) is 0 Å². The fourth-order valence-electron chi connectivity index (χ4n) is 2.02. The zero-order chi connectivity index (χ0) is 20.4. The molecule has 0 unspecified atom stereocenters. The van der Waals surface area contributed by atoms with Gasteiger partial charge in [0.25, 0.3) is 11.8 Å². The second-order valence-electron chi connectivity index (χ2n) is 5.38. The number of nitrogens with zero attached hydrogens (tertiary/aromatic N) is 2. The van der Waals surface area contributed by atoms with Crippen LogP contribution in [0, 0.1) is 11.3 Å². The molecule has 0 radical (unpaired) electrons. The maximum Gasteiger partial charge on any atom is 0.277 e. The first-order chi connectivity index (χ1) is 13.5. The Morgan fingerprint density at radius 3 is 2.54 bits per heavy atom. The first-order valence-electron chi connectivity index (χ1n) is 8.06. The minimum Gasteiger partial charge on any atom is -0.493 e. The number of nitrogens with one attached hydrogen (secondary N) is 1. The van der Waals surface area contributed by atoms with Gasteiger partial charge in [0.2, 0.25) is 0 Å². The molecule has 0 spiro atoms. The zero-order valence-corrected chi connectivity index (χ0v) is 15.0. The Kier molecular flexibility index (Phi) is 7.36. The van der Waals surface area contributed by atoms with Crippen molar-refractivity contribution in [1.29, 1.82) is 5.26 Å². The van der Waals surface area contributed by atoms with Crippen LogP contribution in [-0.2, 0) is 9.59 Å². The highest BCUT2D eigenvalue weighted by molar-refractivity contribution is 5.83. The summed E-state index contributed by atoms with van der Waals surface area (Å²) in [4.78, 5) is 22.6. The number of hydrazone groups is 1. The van der Waals surface area contributed by atoms with Gasteiger partial charge in [0.1, 0.15) is 5.75 Å². The van der Waals surface area contributed by atoms with E-state index in [4.69, 9.17) is 25.2 Å². The van der Waals surface area contributed by atoms with Crippen LogP contribution in [-0.4, -0.2) is 38.4 Å². The van der Waals surface area contributed by atoms with E-state index in [2.05, 4.69) is 10.5 Å². The molecule has 0 atom stereocenters. The van der Waals surface area contributed by atoms with Gasteiger partial charge in [-0.2, -0.15) is 10.4 Å². The summed E-state index contributed by atoms with van der Waals surface area (Å²) >= 11 is 0. The Morgan fingerprint density at radius 1 is 1.14 bits per heavy atom. The van der Waals surface area contributed by atoms with Gasteiger partial charge < -0.3 is 19.9 Å². The van der Waals surface area contributed by atoms with Gasteiger partial charge in [-0.3, -0.25) is 9.59 Å². The number of amides is 2. The van der Waals surface area contributed by atoms with Crippen LogP contribution in [0.3, 0.4) is 0 Å². The summed E-state index contributed by atoms with van der Waals surface area (Å²) in [7, 11) is 1.45. The summed E-state index contributed by atoms with van der Waals surface area (Å²) < 4.78 is 15.7. The summed E-state index contributed by atoms with van der Waals surface area (Å²) in [6.07, 6.45) is 1.42. The van der Waals surface area contributed by atoms with Crippen LogP contribution in [0.5, 0.6) is 17.2 Å². The largest absolute Gasteiger partial charge is 0.493 e. The molecule has 2 rings (SSSR count). The molecule has 0 saturated heterocycles. The summed E-state index contributed by atoms with van der Waals surface area (Å²) in [6, 6.07) is 13.3. The lowest BCUT2D eigenvalue weighted by Gasteiger charge is -2.09. The van der Waals surface area contributed by atoms with Crippen LogP contribution >= 0.6 is 0 Å². The molecule has 2 aromatic rings. The van der Waals surface area contributed by atoms with Gasteiger partial charge in [0.05, 0.1) is 25.0 Å². The van der Waals surface area contributed by atoms with Crippen molar-refractivity contribution in [2.24, 2.45) is 10.8 Å². The van der Waals surface area contributed by atoms with Crippen LogP contribution in [0.4, 0.5) is 0 Å². The molecule has 144 valence electrons. The molecule has 3 N–H and O–H groups in total. The van der Waals surface area contributed by atoms with E-state index in [9.17, 15) is 9.59 Å². The first-order valence-corrected chi connectivity index (χ1v) is 8.06. The molecule has 0 fully saturated rings. The Bertz CT molecular complexity index is 904. The normalized spacial score (nSPS) is 10.1. The Balaban J connectivity index is 1.86. The minimum atomic E-state index is -0.598. The molecule has 9 heteroatoms. The monoisotopic (exact) mass is 382 g/mol. The minimum absolute atomic E-state index is 0.230. The second kappa shape index (κ2) is 10.2. The van der Waals surface area contributed by atoms with Gasteiger partial charge in [0, 0.05) is 0 Å². The molecular weight excluding hydrogens is 364 g/mol. The third-order valence-electron chi connectivity index (χ3n) is 3.31. The molecular formula is C19H18N4O5. The molecule has 0 aliphatic carbocycles. The molecule has 0 aromatic heterocycles. The van der Waals surface area contributed by atoms with E-state index in [1.54, 1.807) is 42.5 Å². The molecule has 0 saturated carbocycles. The maximum absolute atomic E-state index is 11.8. The van der Waals surface area contributed by atoms with Crippen molar-refractivity contribution in [3.05, 3.63) is 53.6 Å². The van der Waals surface area contributed by atoms with Crippen LogP contribution in [0.15, 0.2) is 47.6 Å². The van der Waals surface area contributed by atoms with Crippen molar-refractivity contribution >= 4 is 18.0 Å². The van der Waals surface area contributed by atoms with Gasteiger partial charge in [-0.05, 0) is 48.0 Å². The third-order valence-corrected chi connectivity index (χ3v) is 3.31. The molecule has 0 bridgehead atoms. The van der Waals surface area contributed by atoms with Crippen LogP contribution in [0.25, 0.3) is 0 Å². The Hall–Kier alpha value is -4.06. The lowest BCUT2D eigenvalue weighted by atomic mass is 10.2. The number of rotatable bonds is 9. The highest BCUT2D eigenvalue weighted by Gasteiger charge is 2.07. The van der Waals surface area contributed by atoms with Crippen molar-refractivity contribution in [1.82, 2.24) is 5.43 Å². The number of hydrogen-bond donors (Lipinski definition) is 2. The van der Waals surface area contributed by atoms with E-state index < -0.39 is 11.8 Å². The fraction of sp³-hybridized carbons (Fsp3) is 0.158. The van der Waals surface area contributed by atoms with E-state index in [0.29, 0.717) is 28.4 Å². The van der Waals surface area contributed by atoms with Crippen LogP contribution in [0.1, 0.15) is 11.1 Å². The number of methoxy groups -OCH3 is 1.